The Morgan fingerprint density at radius 3 is 2.96 bits per heavy atom. The number of hydrogen-bond acceptors (Lipinski definition) is 2. The predicted molar refractivity (Wildman–Crippen MR) is 110 cm³/mol. The van der Waals surface area contributed by atoms with Crippen molar-refractivity contribution in [3.63, 3.8) is 0 Å². The topological polar surface area (TPSA) is 70.7 Å². The molecule has 1 aromatic rings. The van der Waals surface area contributed by atoms with Crippen LogP contribution in [0.1, 0.15) is 49.0 Å². The lowest BCUT2D eigenvalue weighted by Crippen LogP contribution is -2.43. The Labute approximate surface area is 162 Å². The average molecular weight is 444 g/mol. The van der Waals surface area contributed by atoms with Crippen molar-refractivity contribution in [3.8, 4) is 0 Å². The Morgan fingerprint density at radius 1 is 1.46 bits per heavy atom. The number of guanidine groups is 1. The normalized spacial score (nSPS) is 18.0. The van der Waals surface area contributed by atoms with Crippen LogP contribution in [0.15, 0.2) is 29.3 Å². The minimum absolute atomic E-state index is 0. The van der Waals surface area contributed by atoms with Gasteiger partial charge in [-0.2, -0.15) is 0 Å². The highest BCUT2D eigenvalue weighted by Gasteiger charge is 2.17. The van der Waals surface area contributed by atoms with Crippen LogP contribution < -0.4 is 11.1 Å². The summed E-state index contributed by atoms with van der Waals surface area (Å²) in [6, 6.07) is 7.59. The Bertz CT molecular complexity index is 562. The molecule has 3 N–H and O–H groups in total. The Balaban J connectivity index is 0.00000288. The predicted octanol–water partition coefficient (Wildman–Crippen LogP) is 2.99. The molecule has 5 nitrogen and oxygen atoms in total. The van der Waals surface area contributed by atoms with Gasteiger partial charge in [0.2, 0.25) is 0 Å². The zero-order valence-electron chi connectivity index (χ0n) is 14.6. The molecule has 24 heavy (non-hydrogen) atoms. The zero-order chi connectivity index (χ0) is 16.7. The van der Waals surface area contributed by atoms with E-state index in [1.807, 2.05) is 31.2 Å². The number of carbonyl (C=O) groups excluding carboxylic acids is 1. The van der Waals surface area contributed by atoms with E-state index in [0.29, 0.717) is 30.5 Å². The maximum atomic E-state index is 12.0. The number of piperidine rings is 1. The molecular formula is C18H29IN4O. The molecule has 0 radical (unpaired) electrons. The van der Waals surface area contributed by atoms with Crippen LogP contribution in [0.2, 0.25) is 0 Å². The second kappa shape index (κ2) is 10.5. The molecule has 1 saturated heterocycles. The van der Waals surface area contributed by atoms with Crippen LogP contribution in [-0.4, -0.2) is 36.4 Å². The number of nitrogens with zero attached hydrogens (tertiary/aromatic N) is 2. The van der Waals surface area contributed by atoms with Crippen molar-refractivity contribution in [2.45, 2.75) is 39.7 Å². The number of likely N-dealkylation sites (tertiary alicyclic amines) is 1. The van der Waals surface area contributed by atoms with E-state index >= 15 is 0 Å². The van der Waals surface area contributed by atoms with E-state index < -0.39 is 0 Å². The van der Waals surface area contributed by atoms with Crippen molar-refractivity contribution >= 4 is 35.8 Å². The van der Waals surface area contributed by atoms with Crippen LogP contribution in [0.25, 0.3) is 0 Å². The highest BCUT2D eigenvalue weighted by molar-refractivity contribution is 14.0. The summed E-state index contributed by atoms with van der Waals surface area (Å²) in [6.45, 7) is 7.45. The van der Waals surface area contributed by atoms with Gasteiger partial charge in [0.15, 0.2) is 5.96 Å². The van der Waals surface area contributed by atoms with Crippen molar-refractivity contribution < 1.29 is 4.79 Å². The van der Waals surface area contributed by atoms with Crippen molar-refractivity contribution in [1.82, 2.24) is 10.2 Å². The minimum Gasteiger partial charge on any atom is -0.370 e. The number of aliphatic imine (C=N–C) groups is 1. The molecule has 0 saturated carbocycles. The number of benzene rings is 1. The lowest BCUT2D eigenvalue weighted by Gasteiger charge is -2.31. The largest absolute Gasteiger partial charge is 0.370 e. The fourth-order valence-corrected chi connectivity index (χ4v) is 2.82. The lowest BCUT2D eigenvalue weighted by molar-refractivity contribution is 0.0953. The number of carbonyl (C=O) groups is 1. The minimum atomic E-state index is -0.0319. The van der Waals surface area contributed by atoms with Gasteiger partial charge in [-0.05, 0) is 42.9 Å². The highest BCUT2D eigenvalue weighted by atomic mass is 127. The van der Waals surface area contributed by atoms with E-state index in [1.54, 1.807) is 0 Å². The van der Waals surface area contributed by atoms with Gasteiger partial charge in [0, 0.05) is 25.2 Å². The molecule has 6 heteroatoms. The van der Waals surface area contributed by atoms with E-state index in [-0.39, 0.29) is 29.9 Å². The summed E-state index contributed by atoms with van der Waals surface area (Å²) in [5, 5.41) is 2.89. The van der Waals surface area contributed by atoms with Gasteiger partial charge in [-0.25, -0.2) is 4.99 Å². The number of amides is 1. The molecule has 134 valence electrons. The second-order valence-corrected chi connectivity index (χ2v) is 6.32. The first-order valence-electron chi connectivity index (χ1n) is 8.52. The molecule has 0 bridgehead atoms. The summed E-state index contributed by atoms with van der Waals surface area (Å²) >= 11 is 0. The van der Waals surface area contributed by atoms with Gasteiger partial charge in [0.25, 0.3) is 5.91 Å². The smallest absolute Gasteiger partial charge is 0.251 e. The first kappa shape index (κ1) is 20.7. The van der Waals surface area contributed by atoms with Crippen LogP contribution >= 0.6 is 24.0 Å². The molecule has 0 aliphatic carbocycles. The van der Waals surface area contributed by atoms with Crippen LogP contribution in [0, 0.1) is 5.92 Å². The third-order valence-electron chi connectivity index (χ3n) is 4.13. The Kier molecular flexibility index (Phi) is 9.10. The third kappa shape index (κ3) is 6.30. The Hall–Kier alpha value is -1.31. The van der Waals surface area contributed by atoms with Crippen LogP contribution in [0.3, 0.4) is 0 Å². The third-order valence-corrected chi connectivity index (χ3v) is 4.13. The molecule has 1 heterocycles. The summed E-state index contributed by atoms with van der Waals surface area (Å²) in [5.41, 5.74) is 7.80. The molecule has 1 fully saturated rings. The lowest BCUT2D eigenvalue weighted by atomic mass is 10.0. The SMILES string of the molecule is CCCNC(=O)c1cccc(CN=C(N)N2CCCC(C)C2)c1.I. The molecule has 0 aromatic heterocycles. The molecule has 0 spiro atoms. The number of halogens is 1. The summed E-state index contributed by atoms with van der Waals surface area (Å²) in [5.74, 6) is 1.25. The Morgan fingerprint density at radius 2 is 2.25 bits per heavy atom. The molecule has 1 aromatic carbocycles. The quantitative estimate of drug-likeness (QED) is 0.417. The number of nitrogens with one attached hydrogen (secondary N) is 1. The first-order chi connectivity index (χ1) is 11.1. The number of nitrogens with two attached hydrogens (primary N) is 1. The fourth-order valence-electron chi connectivity index (χ4n) is 2.82. The fraction of sp³-hybridized carbons (Fsp3) is 0.556. The maximum Gasteiger partial charge on any atom is 0.251 e. The molecule has 1 atom stereocenters. The highest BCUT2D eigenvalue weighted by Crippen LogP contribution is 2.15. The standard InChI is InChI=1S/C18H28N4O.HI/c1-3-9-20-17(23)16-8-4-7-15(11-16)12-21-18(19)22-10-5-6-14(2)13-22;/h4,7-8,11,14H,3,5-6,9-10,12-13H2,1-2H3,(H2,19,21)(H,20,23);1H. The monoisotopic (exact) mass is 444 g/mol. The summed E-state index contributed by atoms with van der Waals surface area (Å²) in [6.07, 6.45) is 3.36. The van der Waals surface area contributed by atoms with Crippen LogP contribution in [-0.2, 0) is 6.54 Å². The first-order valence-corrected chi connectivity index (χ1v) is 8.52. The molecular weight excluding hydrogens is 415 g/mol. The van der Waals surface area contributed by atoms with Crippen molar-refractivity contribution in [3.05, 3.63) is 35.4 Å². The van der Waals surface area contributed by atoms with Gasteiger partial charge in [0.1, 0.15) is 0 Å². The van der Waals surface area contributed by atoms with Gasteiger partial charge in [-0.3, -0.25) is 4.79 Å². The second-order valence-electron chi connectivity index (χ2n) is 6.32. The number of hydrogen-bond donors (Lipinski definition) is 2. The molecule has 1 aliphatic rings. The zero-order valence-corrected chi connectivity index (χ0v) is 17.0. The summed E-state index contributed by atoms with van der Waals surface area (Å²) in [7, 11) is 0. The molecule has 1 aliphatic heterocycles. The summed E-state index contributed by atoms with van der Waals surface area (Å²) in [4.78, 5) is 18.7. The van der Waals surface area contributed by atoms with Gasteiger partial charge in [0.05, 0.1) is 6.54 Å². The van der Waals surface area contributed by atoms with Gasteiger partial charge in [-0.1, -0.05) is 26.0 Å². The van der Waals surface area contributed by atoms with Crippen LogP contribution in [0.4, 0.5) is 0 Å². The molecule has 1 amide bonds. The maximum absolute atomic E-state index is 12.0. The van der Waals surface area contributed by atoms with Gasteiger partial charge < -0.3 is 16.0 Å². The number of rotatable bonds is 5. The van der Waals surface area contributed by atoms with E-state index in [2.05, 4.69) is 22.1 Å². The van der Waals surface area contributed by atoms with E-state index in [4.69, 9.17) is 5.73 Å². The van der Waals surface area contributed by atoms with Crippen molar-refractivity contribution in [2.75, 3.05) is 19.6 Å². The molecule has 1 unspecified atom stereocenters. The molecule has 2 rings (SSSR count). The van der Waals surface area contributed by atoms with Crippen molar-refractivity contribution in [2.24, 2.45) is 16.6 Å². The average Bonchev–Trinajstić information content (AvgIpc) is 2.57. The van der Waals surface area contributed by atoms with E-state index in [1.165, 1.54) is 12.8 Å². The van der Waals surface area contributed by atoms with Gasteiger partial charge in [-0.15, -0.1) is 24.0 Å². The van der Waals surface area contributed by atoms with Gasteiger partial charge >= 0.3 is 0 Å². The van der Waals surface area contributed by atoms with E-state index in [9.17, 15) is 4.79 Å². The van der Waals surface area contributed by atoms with Crippen molar-refractivity contribution in [1.29, 1.82) is 0 Å². The van der Waals surface area contributed by atoms with Crippen LogP contribution in [0.5, 0.6) is 0 Å². The summed E-state index contributed by atoms with van der Waals surface area (Å²) < 4.78 is 0. The van der Waals surface area contributed by atoms with E-state index in [0.717, 1.165) is 25.1 Å².